The average Bonchev–Trinajstić information content (AvgIpc) is 3.01. The van der Waals surface area contributed by atoms with Crippen molar-refractivity contribution in [2.75, 3.05) is 5.32 Å². The quantitative estimate of drug-likeness (QED) is 0.450. The molecular weight excluding hydrogens is 415 g/mol. The Kier molecular flexibility index (Phi) is 5.53. The summed E-state index contributed by atoms with van der Waals surface area (Å²) < 4.78 is 41.2. The van der Waals surface area contributed by atoms with Crippen LogP contribution in [0.15, 0.2) is 48.0 Å². The Bertz CT molecular complexity index is 1120. The minimum absolute atomic E-state index is 0.129. The maximum absolute atomic E-state index is 12.3. The van der Waals surface area contributed by atoms with Gasteiger partial charge in [0.05, 0.1) is 10.2 Å². The summed E-state index contributed by atoms with van der Waals surface area (Å²) in [5.41, 5.74) is 0.672. The van der Waals surface area contributed by atoms with Crippen molar-refractivity contribution in [1.29, 1.82) is 5.26 Å². The summed E-state index contributed by atoms with van der Waals surface area (Å²) in [7, 11) is 0. The number of ether oxygens (including phenoxy) is 1. The molecule has 0 spiro atoms. The molecule has 1 aromatic heterocycles. The predicted molar refractivity (Wildman–Crippen MR) is 100.0 cm³/mol. The number of rotatable bonds is 4. The second-order valence-electron chi connectivity index (χ2n) is 5.34. The molecule has 3 aromatic rings. The van der Waals surface area contributed by atoms with Crippen LogP contribution in [0.2, 0.25) is 5.02 Å². The van der Waals surface area contributed by atoms with Crippen LogP contribution in [0.5, 0.6) is 5.75 Å². The molecule has 1 heterocycles. The predicted octanol–water partition coefficient (Wildman–Crippen LogP) is 5.39. The summed E-state index contributed by atoms with van der Waals surface area (Å²) >= 11 is 6.97. The molecule has 10 heteroatoms. The summed E-state index contributed by atoms with van der Waals surface area (Å²) in [4.78, 5) is 16.5. The van der Waals surface area contributed by atoms with Gasteiger partial charge in [-0.1, -0.05) is 41.1 Å². The van der Waals surface area contributed by atoms with Crippen molar-refractivity contribution in [1.82, 2.24) is 4.98 Å². The molecule has 142 valence electrons. The van der Waals surface area contributed by atoms with E-state index in [1.54, 1.807) is 30.3 Å². The molecule has 0 saturated heterocycles. The Morgan fingerprint density at radius 3 is 2.71 bits per heavy atom. The number of carbonyl (C=O) groups is 1. The van der Waals surface area contributed by atoms with Crippen LogP contribution in [0.1, 0.15) is 5.56 Å². The fourth-order valence-corrected chi connectivity index (χ4v) is 3.30. The molecule has 0 aliphatic rings. The smallest absolute Gasteiger partial charge is 0.406 e. The van der Waals surface area contributed by atoms with Crippen molar-refractivity contribution >= 4 is 50.3 Å². The highest BCUT2D eigenvalue weighted by molar-refractivity contribution is 7.22. The number of anilines is 1. The van der Waals surface area contributed by atoms with Crippen LogP contribution in [-0.2, 0) is 4.79 Å². The molecule has 0 fully saturated rings. The molecule has 2 aromatic carbocycles. The summed E-state index contributed by atoms with van der Waals surface area (Å²) in [5, 5.41) is 12.2. The van der Waals surface area contributed by atoms with Crippen LogP contribution in [0.25, 0.3) is 16.3 Å². The van der Waals surface area contributed by atoms with Crippen LogP contribution < -0.4 is 10.1 Å². The fraction of sp³-hybridized carbons (Fsp3) is 0.0556. The van der Waals surface area contributed by atoms with Gasteiger partial charge in [-0.3, -0.25) is 10.1 Å². The molecule has 3 rings (SSSR count). The Hall–Kier alpha value is -3.09. The van der Waals surface area contributed by atoms with Gasteiger partial charge in [0.1, 0.15) is 17.4 Å². The minimum Gasteiger partial charge on any atom is -0.406 e. The van der Waals surface area contributed by atoms with E-state index >= 15 is 0 Å². The summed E-state index contributed by atoms with van der Waals surface area (Å²) in [6, 6.07) is 12.1. The molecule has 1 amide bonds. The van der Waals surface area contributed by atoms with Crippen LogP contribution in [0.3, 0.4) is 0 Å². The van der Waals surface area contributed by atoms with E-state index in [4.69, 9.17) is 11.6 Å². The lowest BCUT2D eigenvalue weighted by Crippen LogP contribution is -2.16. The van der Waals surface area contributed by atoms with E-state index in [0.29, 0.717) is 20.8 Å². The molecule has 0 aliphatic carbocycles. The number of thiazole rings is 1. The SMILES string of the molecule is N#CC(=Cc1ccccc1Cl)C(=O)Nc1nc2ccc(OC(F)(F)F)cc2s1. The summed E-state index contributed by atoms with van der Waals surface area (Å²) in [5.74, 6) is -1.11. The number of alkyl halides is 3. The maximum atomic E-state index is 12.3. The monoisotopic (exact) mass is 423 g/mol. The molecule has 0 radical (unpaired) electrons. The molecule has 0 bridgehead atoms. The van der Waals surface area contributed by atoms with Gasteiger partial charge in [0.15, 0.2) is 5.13 Å². The van der Waals surface area contributed by atoms with Gasteiger partial charge in [0, 0.05) is 11.1 Å². The van der Waals surface area contributed by atoms with Gasteiger partial charge in [-0.2, -0.15) is 5.26 Å². The van der Waals surface area contributed by atoms with E-state index in [-0.39, 0.29) is 10.7 Å². The molecule has 1 N–H and O–H groups in total. The van der Waals surface area contributed by atoms with E-state index in [1.165, 1.54) is 18.2 Å². The Balaban J connectivity index is 1.82. The number of nitrogens with one attached hydrogen (secondary N) is 1. The third-order valence-electron chi connectivity index (χ3n) is 3.38. The number of fused-ring (bicyclic) bond motifs is 1. The lowest BCUT2D eigenvalue weighted by Gasteiger charge is -2.07. The minimum atomic E-state index is -4.80. The molecular formula is C18H9ClF3N3O2S. The second kappa shape index (κ2) is 7.88. The highest BCUT2D eigenvalue weighted by Crippen LogP contribution is 2.31. The Morgan fingerprint density at radius 2 is 2.04 bits per heavy atom. The third kappa shape index (κ3) is 4.79. The molecule has 5 nitrogen and oxygen atoms in total. The number of benzene rings is 2. The summed E-state index contributed by atoms with van der Waals surface area (Å²) in [6.07, 6.45) is -3.47. The number of carbonyl (C=O) groups excluding carboxylic acids is 1. The van der Waals surface area contributed by atoms with Gasteiger partial charge >= 0.3 is 6.36 Å². The first kappa shape index (κ1) is 19.7. The lowest BCUT2D eigenvalue weighted by atomic mass is 10.1. The van der Waals surface area contributed by atoms with Crippen molar-refractivity contribution in [3.63, 3.8) is 0 Å². The average molecular weight is 424 g/mol. The molecule has 0 unspecified atom stereocenters. The van der Waals surface area contributed by atoms with E-state index < -0.39 is 18.0 Å². The van der Waals surface area contributed by atoms with Crippen molar-refractivity contribution in [3.05, 3.63) is 58.6 Å². The molecule has 0 aliphatic heterocycles. The van der Waals surface area contributed by atoms with Gasteiger partial charge in [0.2, 0.25) is 0 Å². The van der Waals surface area contributed by atoms with Crippen molar-refractivity contribution in [2.24, 2.45) is 0 Å². The van der Waals surface area contributed by atoms with Crippen molar-refractivity contribution in [2.45, 2.75) is 6.36 Å². The van der Waals surface area contributed by atoms with E-state index in [9.17, 15) is 23.2 Å². The van der Waals surface area contributed by atoms with E-state index in [0.717, 1.165) is 17.4 Å². The van der Waals surface area contributed by atoms with Crippen LogP contribution in [-0.4, -0.2) is 17.3 Å². The van der Waals surface area contributed by atoms with Gasteiger partial charge < -0.3 is 4.74 Å². The zero-order valence-corrected chi connectivity index (χ0v) is 15.3. The van der Waals surface area contributed by atoms with Gasteiger partial charge in [0.25, 0.3) is 5.91 Å². The van der Waals surface area contributed by atoms with Crippen molar-refractivity contribution in [3.8, 4) is 11.8 Å². The molecule has 0 saturated carbocycles. The number of nitriles is 1. The highest BCUT2D eigenvalue weighted by atomic mass is 35.5. The Morgan fingerprint density at radius 1 is 1.29 bits per heavy atom. The largest absolute Gasteiger partial charge is 0.573 e. The fourth-order valence-electron chi connectivity index (χ4n) is 2.22. The zero-order valence-electron chi connectivity index (χ0n) is 13.7. The topological polar surface area (TPSA) is 75.0 Å². The zero-order chi connectivity index (χ0) is 20.3. The number of amides is 1. The van der Waals surface area contributed by atoms with Gasteiger partial charge in [-0.15, -0.1) is 13.2 Å². The Labute approximate surface area is 165 Å². The molecule has 28 heavy (non-hydrogen) atoms. The number of aromatic nitrogens is 1. The first-order valence-corrected chi connectivity index (χ1v) is 8.78. The van der Waals surface area contributed by atoms with Crippen molar-refractivity contribution < 1.29 is 22.7 Å². The number of halogens is 4. The summed E-state index contributed by atoms with van der Waals surface area (Å²) in [6.45, 7) is 0. The number of hydrogen-bond acceptors (Lipinski definition) is 5. The first-order chi connectivity index (χ1) is 13.2. The standard InChI is InChI=1S/C18H9ClF3N3O2S/c19-13-4-2-1-3-10(13)7-11(9-23)16(26)25-17-24-14-6-5-12(8-15(14)28-17)27-18(20,21)22/h1-8H,(H,24,25,26). The maximum Gasteiger partial charge on any atom is 0.573 e. The third-order valence-corrected chi connectivity index (χ3v) is 4.66. The van der Waals surface area contributed by atoms with E-state index in [1.807, 2.05) is 0 Å². The highest BCUT2D eigenvalue weighted by Gasteiger charge is 2.31. The van der Waals surface area contributed by atoms with Gasteiger partial charge in [-0.25, -0.2) is 4.98 Å². The first-order valence-electron chi connectivity index (χ1n) is 7.59. The lowest BCUT2D eigenvalue weighted by molar-refractivity contribution is -0.274. The van der Waals surface area contributed by atoms with Crippen LogP contribution in [0, 0.1) is 11.3 Å². The molecule has 0 atom stereocenters. The number of hydrogen-bond donors (Lipinski definition) is 1. The van der Waals surface area contributed by atoms with E-state index in [2.05, 4.69) is 15.0 Å². The second-order valence-corrected chi connectivity index (χ2v) is 6.78. The number of nitrogens with zero attached hydrogens (tertiary/aromatic N) is 2. The van der Waals surface area contributed by atoms with Crippen LogP contribution in [0.4, 0.5) is 18.3 Å². The van der Waals surface area contributed by atoms with Gasteiger partial charge in [-0.05, 0) is 29.8 Å². The normalized spacial score (nSPS) is 11.9. The van der Waals surface area contributed by atoms with Crippen LogP contribution >= 0.6 is 22.9 Å².